The molecule has 0 radical (unpaired) electrons. The fourth-order valence-corrected chi connectivity index (χ4v) is 4.50. The van der Waals surface area contributed by atoms with Crippen LogP contribution in [0.2, 0.25) is 0 Å². The highest BCUT2D eigenvalue weighted by Gasteiger charge is 2.38. The van der Waals surface area contributed by atoms with Crippen LogP contribution in [0.1, 0.15) is 50.5 Å². The normalized spacial score (nSPS) is 21.0. The van der Waals surface area contributed by atoms with Gasteiger partial charge in [-0.1, -0.05) is 0 Å². The quantitative estimate of drug-likeness (QED) is 0.678. The van der Waals surface area contributed by atoms with Gasteiger partial charge in [-0.2, -0.15) is 0 Å². The lowest BCUT2D eigenvalue weighted by Gasteiger charge is -2.46. The number of anilines is 1. The first kappa shape index (κ1) is 19.1. The molecule has 0 aromatic heterocycles. The van der Waals surface area contributed by atoms with Gasteiger partial charge in [-0.25, -0.2) is 0 Å². The molecule has 2 fully saturated rings. The largest absolute Gasteiger partial charge is 0.573 e. The number of nitrogens with zero attached hydrogens (tertiary/aromatic N) is 1. The van der Waals surface area contributed by atoms with E-state index < -0.39 is 6.36 Å². The van der Waals surface area contributed by atoms with Crippen molar-refractivity contribution >= 4 is 12.0 Å². The molecule has 1 aromatic carbocycles. The molecule has 26 heavy (non-hydrogen) atoms. The molecule has 144 valence electrons. The molecular formula is C20H26F3NO2. The Kier molecular flexibility index (Phi) is 5.49. The van der Waals surface area contributed by atoms with Gasteiger partial charge in [-0.05, 0) is 74.5 Å². The number of hydrogen-bond donors (Lipinski definition) is 0. The average Bonchev–Trinajstić information content (AvgIpc) is 2.56. The molecule has 2 aliphatic rings. The monoisotopic (exact) mass is 369 g/mol. The first-order valence-electron chi connectivity index (χ1n) is 9.35. The van der Waals surface area contributed by atoms with Crippen LogP contribution in [0.3, 0.4) is 0 Å². The maximum absolute atomic E-state index is 12.5. The summed E-state index contributed by atoms with van der Waals surface area (Å²) in [5, 5.41) is 0. The van der Waals surface area contributed by atoms with Crippen LogP contribution in [0.15, 0.2) is 18.2 Å². The zero-order valence-corrected chi connectivity index (χ0v) is 15.1. The number of ether oxygens (including phenoxy) is 1. The summed E-state index contributed by atoms with van der Waals surface area (Å²) in [6, 6.07) is 4.82. The predicted octanol–water partition coefficient (Wildman–Crippen LogP) is 5.26. The minimum atomic E-state index is -4.67. The topological polar surface area (TPSA) is 29.5 Å². The van der Waals surface area contributed by atoms with E-state index in [1.165, 1.54) is 12.1 Å². The summed E-state index contributed by atoms with van der Waals surface area (Å²) in [6.45, 7) is 3.49. The van der Waals surface area contributed by atoms with Crippen LogP contribution in [0.5, 0.6) is 5.75 Å². The number of rotatable bonds is 4. The Bertz CT molecular complexity index is 626. The second-order valence-corrected chi connectivity index (χ2v) is 7.88. The number of benzene rings is 1. The zero-order valence-electron chi connectivity index (χ0n) is 15.1. The number of alkyl halides is 3. The third-order valence-electron chi connectivity index (χ3n) is 6.05. The molecule has 0 amide bonds. The van der Waals surface area contributed by atoms with Crippen molar-refractivity contribution in [3.05, 3.63) is 23.8 Å². The smallest absolute Gasteiger partial charge is 0.406 e. The van der Waals surface area contributed by atoms with E-state index in [4.69, 9.17) is 0 Å². The first-order valence-corrected chi connectivity index (χ1v) is 9.35. The Morgan fingerprint density at radius 3 is 2.38 bits per heavy atom. The second kappa shape index (κ2) is 7.49. The minimum Gasteiger partial charge on any atom is -0.406 e. The van der Waals surface area contributed by atoms with Gasteiger partial charge in [0, 0.05) is 31.3 Å². The maximum Gasteiger partial charge on any atom is 0.573 e. The molecule has 1 saturated carbocycles. The Morgan fingerprint density at radius 2 is 1.81 bits per heavy atom. The van der Waals surface area contributed by atoms with Crippen molar-refractivity contribution in [2.45, 2.75) is 58.2 Å². The van der Waals surface area contributed by atoms with Crippen molar-refractivity contribution in [2.24, 2.45) is 11.3 Å². The predicted molar refractivity (Wildman–Crippen MR) is 94.4 cm³/mol. The summed E-state index contributed by atoms with van der Waals surface area (Å²) in [5.41, 5.74) is 1.91. The van der Waals surface area contributed by atoms with Gasteiger partial charge in [0.05, 0.1) is 0 Å². The van der Waals surface area contributed by atoms with E-state index in [1.807, 2.05) is 6.07 Å². The Labute approximate surface area is 152 Å². The van der Waals surface area contributed by atoms with Crippen LogP contribution in [-0.4, -0.2) is 25.7 Å². The highest BCUT2D eigenvalue weighted by molar-refractivity contribution is 5.53. The van der Waals surface area contributed by atoms with Crippen molar-refractivity contribution in [1.82, 2.24) is 0 Å². The summed E-state index contributed by atoms with van der Waals surface area (Å²) < 4.78 is 41.6. The van der Waals surface area contributed by atoms with Gasteiger partial charge in [0.1, 0.15) is 12.0 Å². The molecule has 1 saturated heterocycles. The maximum atomic E-state index is 12.5. The first-order chi connectivity index (χ1) is 12.3. The Morgan fingerprint density at radius 1 is 1.15 bits per heavy atom. The van der Waals surface area contributed by atoms with Gasteiger partial charge < -0.3 is 14.4 Å². The summed E-state index contributed by atoms with van der Waals surface area (Å²) in [4.78, 5) is 12.9. The summed E-state index contributed by atoms with van der Waals surface area (Å²) >= 11 is 0. The molecule has 0 bridgehead atoms. The van der Waals surface area contributed by atoms with Gasteiger partial charge in [0.15, 0.2) is 0 Å². The number of carbonyl (C=O) groups excluding carboxylic acids is 1. The van der Waals surface area contributed by atoms with Gasteiger partial charge in [-0.3, -0.25) is 0 Å². The van der Waals surface area contributed by atoms with Crippen molar-refractivity contribution in [3.8, 4) is 5.75 Å². The molecule has 0 N–H and O–H groups in total. The highest BCUT2D eigenvalue weighted by Crippen LogP contribution is 2.47. The van der Waals surface area contributed by atoms with Crippen molar-refractivity contribution in [3.63, 3.8) is 0 Å². The molecule has 3 rings (SSSR count). The fourth-order valence-electron chi connectivity index (χ4n) is 4.50. The fraction of sp³-hybridized carbons (Fsp3) is 0.650. The molecule has 1 heterocycles. The lowest BCUT2D eigenvalue weighted by molar-refractivity contribution is -0.274. The standard InChI is InChI=1S/C20H26F3NO2/c1-15-12-17(14-18(13-15)26-20(21,22)23)24-9-7-19(8-10-24)5-2-16(3-6-19)4-11-25/h11-14,16H,2-10H2,1H3. The van der Waals surface area contributed by atoms with Crippen LogP contribution >= 0.6 is 0 Å². The molecule has 0 unspecified atom stereocenters. The molecule has 1 aliphatic heterocycles. The number of carbonyl (C=O) groups is 1. The van der Waals surface area contributed by atoms with Crippen molar-refractivity contribution in [2.75, 3.05) is 18.0 Å². The lowest BCUT2D eigenvalue weighted by atomic mass is 9.65. The van der Waals surface area contributed by atoms with E-state index in [0.29, 0.717) is 17.8 Å². The van der Waals surface area contributed by atoms with Crippen LogP contribution < -0.4 is 9.64 Å². The third kappa shape index (κ3) is 4.71. The lowest BCUT2D eigenvalue weighted by Crippen LogP contribution is -2.42. The van der Waals surface area contributed by atoms with E-state index in [1.54, 1.807) is 6.92 Å². The number of halogens is 3. The third-order valence-corrected chi connectivity index (χ3v) is 6.05. The van der Waals surface area contributed by atoms with E-state index in [-0.39, 0.29) is 5.75 Å². The minimum absolute atomic E-state index is 0.151. The molecule has 1 aliphatic carbocycles. The molecular weight excluding hydrogens is 343 g/mol. The summed E-state index contributed by atoms with van der Waals surface area (Å²) in [6.07, 6.45) is 3.72. The summed E-state index contributed by atoms with van der Waals surface area (Å²) in [5.74, 6) is 0.386. The van der Waals surface area contributed by atoms with E-state index in [9.17, 15) is 18.0 Å². The molecule has 6 heteroatoms. The Balaban J connectivity index is 1.62. The second-order valence-electron chi connectivity index (χ2n) is 7.88. The van der Waals surface area contributed by atoms with E-state index in [0.717, 1.165) is 69.2 Å². The molecule has 1 aromatic rings. The van der Waals surface area contributed by atoms with Gasteiger partial charge in [-0.15, -0.1) is 13.2 Å². The summed E-state index contributed by atoms with van der Waals surface area (Å²) in [7, 11) is 0. The van der Waals surface area contributed by atoms with Gasteiger partial charge in [0.25, 0.3) is 0 Å². The van der Waals surface area contributed by atoms with Crippen LogP contribution in [0.25, 0.3) is 0 Å². The van der Waals surface area contributed by atoms with E-state index in [2.05, 4.69) is 9.64 Å². The average molecular weight is 369 g/mol. The van der Waals surface area contributed by atoms with Crippen molar-refractivity contribution in [1.29, 1.82) is 0 Å². The molecule has 3 nitrogen and oxygen atoms in total. The van der Waals surface area contributed by atoms with Gasteiger partial charge >= 0.3 is 6.36 Å². The number of aryl methyl sites for hydroxylation is 1. The molecule has 1 spiro atoms. The Hall–Kier alpha value is -1.72. The number of piperidine rings is 1. The van der Waals surface area contributed by atoms with Crippen LogP contribution in [0.4, 0.5) is 18.9 Å². The zero-order chi connectivity index (χ0) is 18.8. The number of hydrogen-bond acceptors (Lipinski definition) is 3. The van der Waals surface area contributed by atoms with Crippen molar-refractivity contribution < 1.29 is 22.7 Å². The van der Waals surface area contributed by atoms with E-state index >= 15 is 0 Å². The highest BCUT2D eigenvalue weighted by atomic mass is 19.4. The number of aldehydes is 1. The van der Waals surface area contributed by atoms with Crippen LogP contribution in [0, 0.1) is 18.3 Å². The van der Waals surface area contributed by atoms with Crippen LogP contribution in [-0.2, 0) is 4.79 Å². The SMILES string of the molecule is Cc1cc(OC(F)(F)F)cc(N2CCC3(CCC(CC=O)CC3)CC2)c1. The van der Waals surface area contributed by atoms with Gasteiger partial charge in [0.2, 0.25) is 0 Å². The molecule has 0 atom stereocenters.